The van der Waals surface area contributed by atoms with Crippen LogP contribution >= 0.6 is 0 Å². The van der Waals surface area contributed by atoms with Crippen LogP contribution in [0.1, 0.15) is 17.5 Å². The van der Waals surface area contributed by atoms with Gasteiger partial charge in [-0.05, 0) is 116 Å². The third kappa shape index (κ3) is 8.15. The summed E-state index contributed by atoms with van der Waals surface area (Å²) in [4.78, 5) is 2.34. The van der Waals surface area contributed by atoms with Crippen LogP contribution in [0.15, 0.2) is 261 Å². The van der Waals surface area contributed by atoms with E-state index in [1.807, 2.05) is 0 Å². The van der Waals surface area contributed by atoms with Gasteiger partial charge in [0.2, 0.25) is 0 Å². The van der Waals surface area contributed by atoms with Gasteiger partial charge in [-0.15, -0.1) is 0 Å². The summed E-state index contributed by atoms with van der Waals surface area (Å²) in [5.74, 6) is 0. The molecule has 2 nitrogen and oxygen atoms in total. The highest BCUT2D eigenvalue weighted by molar-refractivity contribution is 5.83. The van der Waals surface area contributed by atoms with Gasteiger partial charge in [0.05, 0.1) is 5.54 Å². The molecule has 1 aliphatic carbocycles. The summed E-state index contributed by atoms with van der Waals surface area (Å²) in [7, 11) is 0. The number of nitrogens with zero attached hydrogens (tertiary/aromatic N) is 1. The average Bonchev–Trinajstić information content (AvgIpc) is 3.36. The fourth-order valence-corrected chi connectivity index (χ4v) is 8.57. The maximum Gasteiger partial charge on any atom is 0.0847 e. The van der Waals surface area contributed by atoms with Crippen LogP contribution in [0, 0.1) is 0 Å². The van der Waals surface area contributed by atoms with Crippen LogP contribution in [0.3, 0.4) is 0 Å². The summed E-state index contributed by atoms with van der Waals surface area (Å²) in [6.07, 6.45) is 7.82. The molecule has 0 spiro atoms. The Labute approximate surface area is 365 Å². The lowest BCUT2D eigenvalue weighted by molar-refractivity contribution is 0.620. The minimum atomic E-state index is -0.429. The first-order valence-electron chi connectivity index (χ1n) is 21.4. The Bertz CT molecular complexity index is 2840. The number of hydrogen-bond donors (Lipinski definition) is 1. The summed E-state index contributed by atoms with van der Waals surface area (Å²) in [5, 5.41) is 3.97. The van der Waals surface area contributed by atoms with Crippen LogP contribution in [-0.2, 0) is 5.54 Å². The molecular formula is C60H46N2. The van der Waals surface area contributed by atoms with Crippen LogP contribution in [0.5, 0.6) is 0 Å². The first-order valence-corrected chi connectivity index (χ1v) is 21.4. The third-order valence-corrected chi connectivity index (χ3v) is 12.0. The van der Waals surface area contributed by atoms with E-state index in [1.165, 1.54) is 61.2 Å². The minimum Gasteiger partial charge on any atom is -0.372 e. The van der Waals surface area contributed by atoms with E-state index in [9.17, 15) is 0 Å². The van der Waals surface area contributed by atoms with Crippen molar-refractivity contribution >= 4 is 28.3 Å². The van der Waals surface area contributed by atoms with E-state index in [-0.39, 0.29) is 0 Å². The molecule has 1 unspecified atom stereocenters. The van der Waals surface area contributed by atoms with Crippen molar-refractivity contribution in [2.45, 2.75) is 12.0 Å². The van der Waals surface area contributed by atoms with Gasteiger partial charge in [-0.1, -0.05) is 212 Å². The molecule has 0 bridgehead atoms. The number of hydrogen-bond acceptors (Lipinski definition) is 2. The van der Waals surface area contributed by atoms with Crippen molar-refractivity contribution in [3.63, 3.8) is 0 Å². The number of nitrogens with one attached hydrogen (secondary N) is 1. The van der Waals surface area contributed by atoms with Crippen LogP contribution < -0.4 is 10.2 Å². The Morgan fingerprint density at radius 1 is 0.323 bits per heavy atom. The molecule has 296 valence electrons. The Balaban J connectivity index is 0.949. The first kappa shape index (κ1) is 38.3. The second kappa shape index (κ2) is 17.3. The lowest BCUT2D eigenvalue weighted by Gasteiger charge is -2.35. The quantitative estimate of drug-likeness (QED) is 0.140. The van der Waals surface area contributed by atoms with Crippen molar-refractivity contribution in [1.82, 2.24) is 0 Å². The van der Waals surface area contributed by atoms with Crippen molar-refractivity contribution in [2.75, 3.05) is 10.2 Å². The van der Waals surface area contributed by atoms with E-state index < -0.39 is 5.54 Å². The molecule has 1 aliphatic rings. The Morgan fingerprint density at radius 3 is 1.00 bits per heavy atom. The Morgan fingerprint density at radius 2 is 0.645 bits per heavy atom. The molecule has 0 amide bonds. The van der Waals surface area contributed by atoms with Crippen molar-refractivity contribution in [3.8, 4) is 44.5 Å². The van der Waals surface area contributed by atoms with Gasteiger partial charge in [-0.25, -0.2) is 0 Å². The summed E-state index contributed by atoms with van der Waals surface area (Å²) >= 11 is 0. The van der Waals surface area contributed by atoms with Gasteiger partial charge in [-0.2, -0.15) is 0 Å². The molecule has 0 fully saturated rings. The van der Waals surface area contributed by atoms with E-state index in [1.54, 1.807) is 0 Å². The molecule has 0 saturated carbocycles. The normalized spacial score (nSPS) is 14.5. The SMILES string of the molecule is C1=CC(Nc2ccc(-c3ccccc3)cc2)(c2ccc(-c3ccccc3)cc2)CC=C1c1ccc(N(c2ccc(-c3ccccc3)cc2)c2ccc(-c3ccccc3)cc2)cc1. The zero-order chi connectivity index (χ0) is 41.6. The van der Waals surface area contributed by atoms with E-state index in [0.717, 1.165) is 29.2 Å². The fraction of sp³-hybridized carbons (Fsp3) is 0.0333. The van der Waals surface area contributed by atoms with Crippen molar-refractivity contribution in [1.29, 1.82) is 0 Å². The second-order valence-electron chi connectivity index (χ2n) is 15.9. The van der Waals surface area contributed by atoms with Gasteiger partial charge in [0, 0.05) is 22.7 Å². The molecule has 62 heavy (non-hydrogen) atoms. The van der Waals surface area contributed by atoms with Gasteiger partial charge >= 0.3 is 0 Å². The predicted molar refractivity (Wildman–Crippen MR) is 263 cm³/mol. The molecular weight excluding hydrogens is 749 g/mol. The Hall–Kier alpha value is -7.94. The summed E-state index contributed by atoms with van der Waals surface area (Å²) < 4.78 is 0. The molecule has 0 radical (unpaired) electrons. The zero-order valence-corrected chi connectivity index (χ0v) is 34.5. The van der Waals surface area contributed by atoms with Crippen LogP contribution in [0.4, 0.5) is 22.7 Å². The molecule has 0 aromatic heterocycles. The van der Waals surface area contributed by atoms with Gasteiger partial charge in [0.25, 0.3) is 0 Å². The van der Waals surface area contributed by atoms with Crippen LogP contribution in [0.25, 0.3) is 50.1 Å². The lowest BCUT2D eigenvalue weighted by atomic mass is 9.80. The summed E-state index contributed by atoms with van der Waals surface area (Å²) in [6.45, 7) is 0. The van der Waals surface area contributed by atoms with Crippen molar-refractivity contribution in [3.05, 3.63) is 272 Å². The lowest BCUT2D eigenvalue weighted by Crippen LogP contribution is -2.34. The number of allylic oxidation sites excluding steroid dienone is 2. The predicted octanol–water partition coefficient (Wildman–Crippen LogP) is 16.2. The highest BCUT2D eigenvalue weighted by atomic mass is 15.1. The van der Waals surface area contributed by atoms with Gasteiger partial charge in [0.1, 0.15) is 0 Å². The van der Waals surface area contributed by atoms with Gasteiger partial charge < -0.3 is 10.2 Å². The van der Waals surface area contributed by atoms with Gasteiger partial charge in [-0.3, -0.25) is 0 Å². The van der Waals surface area contributed by atoms with E-state index >= 15 is 0 Å². The Kier molecular flexibility index (Phi) is 10.7. The molecule has 0 saturated heterocycles. The summed E-state index contributed by atoms with van der Waals surface area (Å²) in [6, 6.07) is 86.9. The molecule has 1 atom stereocenters. The smallest absolute Gasteiger partial charge is 0.0847 e. The first-order chi connectivity index (χ1) is 30.7. The maximum absolute atomic E-state index is 3.97. The average molecular weight is 795 g/mol. The molecule has 9 aromatic rings. The molecule has 9 aromatic carbocycles. The summed E-state index contributed by atoms with van der Waals surface area (Å²) in [5.41, 5.74) is 17.2. The standard InChI is InChI=1S/C60H46N2/c1-5-13-45(14-6-1)49-21-31-55(32-22-49)60(61-56-33-23-50(24-34-56)46-15-7-2-8-16-46)43-41-54(42-44-60)53-29-39-59(40-30-53)62(57-35-25-51(26-36-57)47-17-9-3-10-18-47)58-37-27-52(28-38-58)48-19-11-4-12-20-48/h1-43,61H,44H2. The maximum atomic E-state index is 3.97. The number of rotatable bonds is 11. The molecule has 0 aliphatic heterocycles. The van der Waals surface area contributed by atoms with E-state index in [0.29, 0.717) is 0 Å². The molecule has 10 rings (SSSR count). The fourth-order valence-electron chi connectivity index (χ4n) is 8.57. The van der Waals surface area contributed by atoms with E-state index in [2.05, 4.69) is 271 Å². The number of anilines is 4. The zero-order valence-electron chi connectivity index (χ0n) is 34.5. The van der Waals surface area contributed by atoms with E-state index in [4.69, 9.17) is 0 Å². The van der Waals surface area contributed by atoms with Gasteiger partial charge in [0.15, 0.2) is 0 Å². The third-order valence-electron chi connectivity index (χ3n) is 12.0. The molecule has 2 heteroatoms. The number of benzene rings is 9. The second-order valence-corrected chi connectivity index (χ2v) is 15.9. The highest BCUT2D eigenvalue weighted by Gasteiger charge is 2.31. The van der Waals surface area contributed by atoms with Crippen molar-refractivity contribution < 1.29 is 0 Å². The van der Waals surface area contributed by atoms with Crippen LogP contribution in [-0.4, -0.2) is 0 Å². The molecule has 1 N–H and O–H groups in total. The highest BCUT2D eigenvalue weighted by Crippen LogP contribution is 2.41. The van der Waals surface area contributed by atoms with Crippen LogP contribution in [0.2, 0.25) is 0 Å². The largest absolute Gasteiger partial charge is 0.372 e. The van der Waals surface area contributed by atoms with Crippen molar-refractivity contribution in [2.24, 2.45) is 0 Å². The monoisotopic (exact) mass is 794 g/mol. The molecule has 0 heterocycles. The topological polar surface area (TPSA) is 15.3 Å². The minimum absolute atomic E-state index is 0.429.